The van der Waals surface area contributed by atoms with Gasteiger partial charge in [-0.2, -0.15) is 0 Å². The summed E-state index contributed by atoms with van der Waals surface area (Å²) in [6.45, 7) is 1.45. The maximum absolute atomic E-state index is 14.8. The summed E-state index contributed by atoms with van der Waals surface area (Å²) >= 11 is 12.9. The fraction of sp³-hybridized carbons (Fsp3) is 0.250. The number of piperidine rings is 1. The molecule has 2 N–H and O–H groups in total. The number of rotatable bonds is 5. The van der Waals surface area contributed by atoms with Gasteiger partial charge < -0.3 is 15.5 Å². The average Bonchev–Trinajstić information content (AvgIpc) is 3.13. The third kappa shape index (κ3) is 6.11. The Hall–Kier alpha value is -3.92. The van der Waals surface area contributed by atoms with Crippen LogP contribution in [0.5, 0.6) is 0 Å². The second kappa shape index (κ2) is 12.8. The summed E-state index contributed by atoms with van der Waals surface area (Å²) in [5.74, 6) is -1.26. The number of nitrogens with zero attached hydrogens (tertiary/aromatic N) is 4. The molecule has 3 aromatic carbocycles. The number of aliphatic imine (C=N–C) groups is 1. The Kier molecular flexibility index (Phi) is 9.05. The quantitative estimate of drug-likeness (QED) is 0.244. The number of fused-ring (bicyclic) bond motifs is 3. The molecule has 1 aromatic heterocycles. The molecule has 7 nitrogen and oxygen atoms in total. The Labute approximate surface area is 259 Å². The van der Waals surface area contributed by atoms with E-state index in [1.54, 1.807) is 42.6 Å². The van der Waals surface area contributed by atoms with Crippen LogP contribution in [-0.2, 0) is 6.54 Å². The van der Waals surface area contributed by atoms with Crippen LogP contribution >= 0.6 is 23.2 Å². The number of hydrogen-bond donors (Lipinski definition) is 2. The van der Waals surface area contributed by atoms with Gasteiger partial charge in [0.05, 0.1) is 34.1 Å². The van der Waals surface area contributed by atoms with Gasteiger partial charge in [-0.15, -0.1) is 0 Å². The number of halogens is 4. The molecule has 43 heavy (non-hydrogen) atoms. The first-order valence-corrected chi connectivity index (χ1v) is 14.3. The Bertz CT molecular complexity index is 1700. The maximum Gasteiger partial charge on any atom is 0.255 e. The van der Waals surface area contributed by atoms with Crippen molar-refractivity contribution in [2.75, 3.05) is 25.5 Å². The van der Waals surface area contributed by atoms with Crippen molar-refractivity contribution in [2.24, 2.45) is 4.99 Å². The van der Waals surface area contributed by atoms with Gasteiger partial charge in [0.25, 0.3) is 5.91 Å². The number of carbonyl (C=O) groups is 1. The van der Waals surface area contributed by atoms with Crippen LogP contribution in [0, 0.1) is 11.6 Å². The zero-order valence-corrected chi connectivity index (χ0v) is 24.1. The van der Waals surface area contributed by atoms with Gasteiger partial charge in [0, 0.05) is 52.7 Å². The first-order chi connectivity index (χ1) is 20.3. The molecular formula is C32H30Cl2F2N6O. The van der Waals surface area contributed by atoms with Crippen molar-refractivity contribution in [2.45, 2.75) is 32.9 Å². The first-order valence-electron chi connectivity index (χ1n) is 13.5. The Balaban J connectivity index is 0.00000368. The van der Waals surface area contributed by atoms with Crippen LogP contribution in [0.4, 0.5) is 20.4 Å². The molecule has 0 spiro atoms. The Morgan fingerprint density at radius 2 is 1.74 bits per heavy atom. The summed E-state index contributed by atoms with van der Waals surface area (Å²) in [5.41, 5.74) is 3.26. The highest BCUT2D eigenvalue weighted by atomic mass is 35.5. The van der Waals surface area contributed by atoms with E-state index >= 15 is 0 Å². The van der Waals surface area contributed by atoms with Gasteiger partial charge in [-0.1, -0.05) is 42.8 Å². The molecule has 0 aliphatic carbocycles. The van der Waals surface area contributed by atoms with E-state index in [2.05, 4.69) is 20.6 Å². The molecule has 0 unspecified atom stereocenters. The third-order valence-corrected chi connectivity index (χ3v) is 8.16. The van der Waals surface area contributed by atoms with E-state index in [4.69, 9.17) is 28.2 Å². The van der Waals surface area contributed by atoms with Crippen LogP contribution in [0.25, 0.3) is 11.3 Å². The van der Waals surface area contributed by atoms with Crippen LogP contribution in [0.1, 0.15) is 47.3 Å². The van der Waals surface area contributed by atoms with Crippen LogP contribution < -0.4 is 10.6 Å². The van der Waals surface area contributed by atoms with E-state index in [1.807, 2.05) is 11.9 Å². The van der Waals surface area contributed by atoms with Gasteiger partial charge in [0.15, 0.2) is 0 Å². The van der Waals surface area contributed by atoms with Crippen molar-refractivity contribution in [3.05, 3.63) is 105 Å². The zero-order valence-electron chi connectivity index (χ0n) is 22.6. The van der Waals surface area contributed by atoms with E-state index in [0.29, 0.717) is 62.8 Å². The largest absolute Gasteiger partial charge is 0.338 e. The second-order valence-electron chi connectivity index (χ2n) is 10.2. The highest BCUT2D eigenvalue weighted by molar-refractivity contribution is 6.34. The predicted molar refractivity (Wildman–Crippen MR) is 168 cm³/mol. The van der Waals surface area contributed by atoms with Crippen LogP contribution in [-0.4, -0.2) is 52.7 Å². The lowest BCUT2D eigenvalue weighted by molar-refractivity contribution is 0.0707. The number of nitrogens with one attached hydrogen (secondary N) is 2. The molecule has 3 heterocycles. The van der Waals surface area contributed by atoms with E-state index in [9.17, 15) is 13.6 Å². The molecule has 1 amide bonds. The first kappa shape index (κ1) is 30.5. The van der Waals surface area contributed by atoms with Crippen molar-refractivity contribution in [1.29, 1.82) is 0 Å². The van der Waals surface area contributed by atoms with Gasteiger partial charge in [-0.25, -0.2) is 18.7 Å². The lowest BCUT2D eigenvalue weighted by Gasteiger charge is -2.32. The van der Waals surface area contributed by atoms with E-state index in [0.717, 1.165) is 12.8 Å². The summed E-state index contributed by atoms with van der Waals surface area (Å²) < 4.78 is 29.6. The molecule has 0 atom stereocenters. The van der Waals surface area contributed by atoms with Crippen molar-refractivity contribution in [3.63, 3.8) is 0 Å². The number of aromatic nitrogens is 2. The molecule has 6 rings (SSSR count). The molecule has 11 heteroatoms. The number of anilines is 2. The molecule has 0 radical (unpaired) electrons. The highest BCUT2D eigenvalue weighted by Crippen LogP contribution is 2.35. The number of benzene rings is 3. The van der Waals surface area contributed by atoms with Gasteiger partial charge >= 0.3 is 0 Å². The molecular weight excluding hydrogens is 593 g/mol. The topological polar surface area (TPSA) is 82.5 Å². The SMILES string of the molecule is C.CNC1CCN(C(=O)c2ccc(Nc3ncc4c(n3)-c3ccc(Cl)cc3C(c3c(F)cccc3F)=NC4)cc2Cl)CC1. The number of hydrogen-bond acceptors (Lipinski definition) is 6. The van der Waals surface area contributed by atoms with E-state index in [1.165, 1.54) is 18.2 Å². The Morgan fingerprint density at radius 3 is 2.44 bits per heavy atom. The zero-order chi connectivity index (χ0) is 29.4. The van der Waals surface area contributed by atoms with Gasteiger partial charge in [0.1, 0.15) is 11.6 Å². The molecule has 4 aromatic rings. The molecule has 222 valence electrons. The van der Waals surface area contributed by atoms with Gasteiger partial charge in [-0.3, -0.25) is 9.79 Å². The number of carbonyl (C=O) groups excluding carboxylic acids is 1. The van der Waals surface area contributed by atoms with Gasteiger partial charge in [0.2, 0.25) is 5.95 Å². The van der Waals surface area contributed by atoms with Crippen molar-refractivity contribution in [3.8, 4) is 11.3 Å². The number of likely N-dealkylation sites (tertiary alicyclic amines) is 1. The number of amides is 1. The molecule has 0 bridgehead atoms. The van der Waals surface area contributed by atoms with Crippen LogP contribution in [0.3, 0.4) is 0 Å². The van der Waals surface area contributed by atoms with Gasteiger partial charge in [-0.05, 0) is 62.4 Å². The summed E-state index contributed by atoms with van der Waals surface area (Å²) in [6, 6.07) is 14.3. The highest BCUT2D eigenvalue weighted by Gasteiger charge is 2.26. The van der Waals surface area contributed by atoms with Crippen LogP contribution in [0.2, 0.25) is 10.0 Å². The van der Waals surface area contributed by atoms with Crippen molar-refractivity contribution in [1.82, 2.24) is 20.2 Å². The monoisotopic (exact) mass is 622 g/mol. The normalized spacial score (nSPS) is 14.6. The Morgan fingerprint density at radius 1 is 1.00 bits per heavy atom. The minimum absolute atomic E-state index is 0. The second-order valence-corrected chi connectivity index (χ2v) is 11.0. The smallest absolute Gasteiger partial charge is 0.255 e. The lowest BCUT2D eigenvalue weighted by atomic mass is 9.95. The molecule has 2 aliphatic heterocycles. The van der Waals surface area contributed by atoms with Crippen molar-refractivity contribution < 1.29 is 13.6 Å². The summed E-state index contributed by atoms with van der Waals surface area (Å²) in [6.07, 6.45) is 3.42. The van der Waals surface area contributed by atoms with E-state index < -0.39 is 11.6 Å². The van der Waals surface area contributed by atoms with Crippen LogP contribution in [0.15, 0.2) is 65.8 Å². The summed E-state index contributed by atoms with van der Waals surface area (Å²) in [5, 5.41) is 7.13. The predicted octanol–water partition coefficient (Wildman–Crippen LogP) is 7.28. The molecule has 0 saturated carbocycles. The molecule has 1 saturated heterocycles. The third-order valence-electron chi connectivity index (χ3n) is 7.61. The summed E-state index contributed by atoms with van der Waals surface area (Å²) in [7, 11) is 1.94. The van der Waals surface area contributed by atoms with Crippen molar-refractivity contribution >= 4 is 46.5 Å². The fourth-order valence-electron chi connectivity index (χ4n) is 5.36. The lowest BCUT2D eigenvalue weighted by Crippen LogP contribution is -2.44. The fourth-order valence-corrected chi connectivity index (χ4v) is 5.79. The molecule has 2 aliphatic rings. The van der Waals surface area contributed by atoms with E-state index in [-0.39, 0.29) is 37.1 Å². The maximum atomic E-state index is 14.8. The summed E-state index contributed by atoms with van der Waals surface area (Å²) in [4.78, 5) is 28.7. The minimum atomic E-state index is -0.722. The standard InChI is InChI=1S/C31H26Cl2F2N6O.CH4/c1-36-19-9-11-41(12-10-19)30(42)22-8-6-20(14-24(22)33)39-31-38-16-17-15-37-29(27-25(34)3-2-4-26(27)35)23-13-18(32)5-7-21(23)28(17)40-31;/h2-8,13-14,16,19,36H,9-12,15H2,1H3,(H,38,39,40);1H4. The minimum Gasteiger partial charge on any atom is -0.338 e. The molecule has 1 fully saturated rings. The average molecular weight is 624 g/mol.